The standard InChI is InChI=1S/C27H26ClN3O4S/c1-15-18(25-20(28)8-9-22(34-2)26(25)36-15)10-11-29-24-13-21(30-14-31-24)16-6-7-19(27(32)33)23(12-16)35-17-4-3-5-17/h6-9,12-14,17H,3-5,10-11H2,1-2H3,(H,32,33)(H,29,30,31). The predicted molar refractivity (Wildman–Crippen MR) is 143 cm³/mol. The van der Waals surface area contributed by atoms with Crippen LogP contribution in [0.3, 0.4) is 0 Å². The number of carbonyl (C=O) groups is 1. The minimum atomic E-state index is -1.00. The average Bonchev–Trinajstić information content (AvgIpc) is 3.18. The molecule has 36 heavy (non-hydrogen) atoms. The van der Waals surface area contributed by atoms with Gasteiger partial charge < -0.3 is 19.9 Å². The van der Waals surface area contributed by atoms with Crippen molar-refractivity contribution in [1.29, 1.82) is 0 Å². The Balaban J connectivity index is 1.33. The van der Waals surface area contributed by atoms with Crippen LogP contribution in [0.1, 0.15) is 40.1 Å². The smallest absolute Gasteiger partial charge is 0.339 e. The fraction of sp³-hybridized carbons (Fsp3) is 0.296. The number of ether oxygens (including phenoxy) is 2. The van der Waals surface area contributed by atoms with Gasteiger partial charge in [-0.3, -0.25) is 0 Å². The van der Waals surface area contributed by atoms with E-state index in [1.165, 1.54) is 16.8 Å². The van der Waals surface area contributed by atoms with Crippen molar-refractivity contribution in [3.8, 4) is 22.8 Å². The van der Waals surface area contributed by atoms with E-state index in [4.69, 9.17) is 21.1 Å². The minimum absolute atomic E-state index is 0.0751. The molecule has 0 radical (unpaired) electrons. The van der Waals surface area contributed by atoms with Crippen LogP contribution in [0.15, 0.2) is 42.7 Å². The van der Waals surface area contributed by atoms with Gasteiger partial charge in [0.1, 0.15) is 29.2 Å². The molecular formula is C27H26ClN3O4S. The summed E-state index contributed by atoms with van der Waals surface area (Å²) in [5.74, 6) is 0.890. The highest BCUT2D eigenvalue weighted by molar-refractivity contribution is 7.19. The summed E-state index contributed by atoms with van der Waals surface area (Å²) in [6.07, 6.45) is 5.34. The van der Waals surface area contributed by atoms with E-state index in [2.05, 4.69) is 22.2 Å². The van der Waals surface area contributed by atoms with Crippen LogP contribution in [0.4, 0.5) is 5.82 Å². The Morgan fingerprint density at radius 2 is 2.03 bits per heavy atom. The molecule has 1 fully saturated rings. The number of aromatic carboxylic acids is 1. The fourth-order valence-corrected chi connectivity index (χ4v) is 5.87. The van der Waals surface area contributed by atoms with E-state index in [1.807, 2.05) is 18.2 Å². The van der Waals surface area contributed by atoms with Gasteiger partial charge in [-0.15, -0.1) is 11.3 Å². The highest BCUT2D eigenvalue weighted by atomic mass is 35.5. The lowest BCUT2D eigenvalue weighted by atomic mass is 9.96. The summed E-state index contributed by atoms with van der Waals surface area (Å²) in [6, 6.07) is 10.7. The second-order valence-electron chi connectivity index (χ2n) is 8.74. The molecule has 1 aliphatic rings. The highest BCUT2D eigenvalue weighted by Crippen LogP contribution is 2.41. The Morgan fingerprint density at radius 1 is 1.19 bits per heavy atom. The molecule has 0 aliphatic heterocycles. The van der Waals surface area contributed by atoms with Gasteiger partial charge in [-0.2, -0.15) is 0 Å². The van der Waals surface area contributed by atoms with Crippen LogP contribution in [-0.2, 0) is 6.42 Å². The number of hydrogen-bond acceptors (Lipinski definition) is 7. The number of anilines is 1. The molecule has 186 valence electrons. The molecule has 0 spiro atoms. The Bertz CT molecular complexity index is 1430. The summed E-state index contributed by atoms with van der Waals surface area (Å²) >= 11 is 8.23. The van der Waals surface area contributed by atoms with Crippen LogP contribution in [-0.4, -0.2) is 40.8 Å². The molecule has 0 saturated heterocycles. The minimum Gasteiger partial charge on any atom is -0.495 e. The summed E-state index contributed by atoms with van der Waals surface area (Å²) in [5, 5.41) is 14.7. The fourth-order valence-electron chi connectivity index (χ4n) is 4.33. The van der Waals surface area contributed by atoms with Gasteiger partial charge in [0.05, 0.1) is 23.6 Å². The predicted octanol–water partition coefficient (Wildman–Crippen LogP) is 6.61. The lowest BCUT2D eigenvalue weighted by Crippen LogP contribution is -2.25. The zero-order valence-electron chi connectivity index (χ0n) is 20.0. The molecule has 1 saturated carbocycles. The van der Waals surface area contributed by atoms with Gasteiger partial charge in [-0.1, -0.05) is 17.7 Å². The molecule has 2 aromatic heterocycles. The van der Waals surface area contributed by atoms with Gasteiger partial charge in [-0.05, 0) is 62.4 Å². The van der Waals surface area contributed by atoms with E-state index in [9.17, 15) is 9.90 Å². The van der Waals surface area contributed by atoms with Crippen molar-refractivity contribution in [3.63, 3.8) is 0 Å². The van der Waals surface area contributed by atoms with E-state index in [-0.39, 0.29) is 11.7 Å². The van der Waals surface area contributed by atoms with Crippen LogP contribution >= 0.6 is 22.9 Å². The van der Waals surface area contributed by atoms with Crippen molar-refractivity contribution in [2.24, 2.45) is 0 Å². The third kappa shape index (κ3) is 4.83. The first-order chi connectivity index (χ1) is 17.4. The quantitative estimate of drug-likeness (QED) is 0.255. The first-order valence-electron chi connectivity index (χ1n) is 11.8. The number of nitrogens with one attached hydrogen (secondary N) is 1. The second kappa shape index (κ2) is 10.3. The monoisotopic (exact) mass is 523 g/mol. The zero-order chi connectivity index (χ0) is 25.2. The van der Waals surface area contributed by atoms with E-state index in [0.717, 1.165) is 52.1 Å². The van der Waals surface area contributed by atoms with Crippen molar-refractivity contribution in [3.05, 3.63) is 63.8 Å². The normalized spacial score (nSPS) is 13.4. The molecular weight excluding hydrogens is 498 g/mol. The molecule has 1 aliphatic carbocycles. The maximum atomic E-state index is 11.7. The first-order valence-corrected chi connectivity index (χ1v) is 13.0. The first kappa shape index (κ1) is 24.3. The Hall–Kier alpha value is -3.36. The number of fused-ring (bicyclic) bond motifs is 1. The summed E-state index contributed by atoms with van der Waals surface area (Å²) < 4.78 is 12.5. The van der Waals surface area contributed by atoms with Gasteiger partial charge in [0.25, 0.3) is 0 Å². The third-order valence-corrected chi connectivity index (χ3v) is 7.95. The molecule has 0 bridgehead atoms. The van der Waals surface area contributed by atoms with Crippen LogP contribution in [0.25, 0.3) is 21.3 Å². The second-order valence-corrected chi connectivity index (χ2v) is 10.4. The summed E-state index contributed by atoms with van der Waals surface area (Å²) in [4.78, 5) is 21.6. The largest absolute Gasteiger partial charge is 0.495 e. The molecule has 4 aromatic rings. The van der Waals surface area contributed by atoms with Crippen molar-refractivity contribution in [2.75, 3.05) is 19.0 Å². The van der Waals surface area contributed by atoms with Gasteiger partial charge in [0.2, 0.25) is 0 Å². The molecule has 2 heterocycles. The number of thiophene rings is 1. The van der Waals surface area contributed by atoms with Gasteiger partial charge in [0, 0.05) is 33.5 Å². The molecule has 5 rings (SSSR count). The van der Waals surface area contributed by atoms with Crippen molar-refractivity contribution >= 4 is 44.8 Å². The van der Waals surface area contributed by atoms with Crippen molar-refractivity contribution in [1.82, 2.24) is 9.97 Å². The van der Waals surface area contributed by atoms with Crippen molar-refractivity contribution in [2.45, 2.75) is 38.7 Å². The Morgan fingerprint density at radius 3 is 2.75 bits per heavy atom. The maximum absolute atomic E-state index is 11.7. The lowest BCUT2D eigenvalue weighted by Gasteiger charge is -2.27. The van der Waals surface area contributed by atoms with Crippen LogP contribution < -0.4 is 14.8 Å². The molecule has 0 atom stereocenters. The molecule has 0 unspecified atom stereocenters. The number of aromatic nitrogens is 2. The maximum Gasteiger partial charge on any atom is 0.339 e. The molecule has 9 heteroatoms. The molecule has 2 N–H and O–H groups in total. The number of rotatable bonds is 9. The number of carboxylic acids is 1. The number of hydrogen-bond donors (Lipinski definition) is 2. The van der Waals surface area contributed by atoms with E-state index in [0.29, 0.717) is 23.8 Å². The number of aryl methyl sites for hydroxylation is 1. The topological polar surface area (TPSA) is 93.6 Å². The zero-order valence-corrected chi connectivity index (χ0v) is 21.6. The number of carboxylic acid groups (broad SMARTS) is 1. The Kier molecular flexibility index (Phi) is 6.98. The molecule has 7 nitrogen and oxygen atoms in total. The average molecular weight is 524 g/mol. The SMILES string of the molecule is COc1ccc(Cl)c2c(CCNc3cc(-c4ccc(C(=O)O)c(OC5CCC5)c4)ncn3)c(C)sc12. The lowest BCUT2D eigenvalue weighted by molar-refractivity contribution is 0.0680. The summed E-state index contributed by atoms with van der Waals surface area (Å²) in [6.45, 7) is 2.76. The van der Waals surface area contributed by atoms with Crippen molar-refractivity contribution < 1.29 is 19.4 Å². The Labute approximate surface area is 218 Å². The third-order valence-electron chi connectivity index (χ3n) is 6.47. The van der Waals surface area contributed by atoms with E-state index < -0.39 is 5.97 Å². The van der Waals surface area contributed by atoms with Crippen LogP contribution in [0.2, 0.25) is 5.02 Å². The summed E-state index contributed by atoms with van der Waals surface area (Å²) in [5.41, 5.74) is 2.82. The van der Waals surface area contributed by atoms with Gasteiger partial charge in [0.15, 0.2) is 0 Å². The van der Waals surface area contributed by atoms with E-state index in [1.54, 1.807) is 36.6 Å². The van der Waals surface area contributed by atoms with Crippen LogP contribution in [0, 0.1) is 6.92 Å². The number of methoxy groups -OCH3 is 1. The molecule has 0 amide bonds. The number of benzene rings is 2. The van der Waals surface area contributed by atoms with Crippen LogP contribution in [0.5, 0.6) is 11.5 Å². The molecule has 2 aromatic carbocycles. The number of nitrogens with zero attached hydrogens (tertiary/aromatic N) is 2. The van der Waals surface area contributed by atoms with Gasteiger partial charge in [-0.25, -0.2) is 14.8 Å². The number of halogens is 1. The van der Waals surface area contributed by atoms with Gasteiger partial charge >= 0.3 is 5.97 Å². The van der Waals surface area contributed by atoms with E-state index >= 15 is 0 Å². The summed E-state index contributed by atoms with van der Waals surface area (Å²) in [7, 11) is 1.67. The highest BCUT2D eigenvalue weighted by Gasteiger charge is 2.23.